The number of phenolic OH excluding ortho intramolecular Hbond substituents is 1. The summed E-state index contributed by atoms with van der Waals surface area (Å²) in [7, 11) is 0. The van der Waals surface area contributed by atoms with E-state index in [0.29, 0.717) is 11.4 Å². The lowest BCUT2D eigenvalue weighted by molar-refractivity contribution is 0.476. The van der Waals surface area contributed by atoms with Crippen LogP contribution < -0.4 is 4.90 Å². The molecule has 0 radical (unpaired) electrons. The Morgan fingerprint density at radius 1 is 1.00 bits per heavy atom. The Kier molecular flexibility index (Phi) is 6.18. The second-order valence-corrected chi connectivity index (χ2v) is 6.83. The van der Waals surface area contributed by atoms with E-state index in [1.54, 1.807) is 12.1 Å². The third-order valence-corrected chi connectivity index (χ3v) is 4.72. The molecule has 0 aliphatic heterocycles. The minimum atomic E-state index is 0.123. The van der Waals surface area contributed by atoms with Crippen molar-refractivity contribution in [3.8, 4) is 5.75 Å². The summed E-state index contributed by atoms with van der Waals surface area (Å²) in [5, 5.41) is 18.6. The number of hydrogen-bond acceptors (Lipinski definition) is 4. The van der Waals surface area contributed by atoms with Gasteiger partial charge in [-0.1, -0.05) is 0 Å². The molecule has 1 N–H and O–H groups in total. The summed E-state index contributed by atoms with van der Waals surface area (Å²) >= 11 is 6.97. The predicted octanol–water partition coefficient (Wildman–Crippen LogP) is 6.49. The van der Waals surface area contributed by atoms with E-state index >= 15 is 0 Å². The van der Waals surface area contributed by atoms with Gasteiger partial charge < -0.3 is 10.0 Å². The zero-order valence-corrected chi connectivity index (χ0v) is 16.5. The number of aromatic hydroxyl groups is 1. The fourth-order valence-corrected chi connectivity index (χ4v) is 3.85. The smallest absolute Gasteiger partial charge is 0.145 e. The Morgan fingerprint density at radius 2 is 1.61 bits per heavy atom. The van der Waals surface area contributed by atoms with Crippen LogP contribution in [0.5, 0.6) is 5.75 Å². The van der Waals surface area contributed by atoms with Crippen LogP contribution in [0.15, 0.2) is 49.5 Å². The number of hydrogen-bond donors (Lipinski definition) is 1. The van der Waals surface area contributed by atoms with E-state index in [-0.39, 0.29) is 5.75 Å². The first-order valence-corrected chi connectivity index (χ1v) is 9.00. The van der Waals surface area contributed by atoms with Gasteiger partial charge in [-0.25, -0.2) is 0 Å². The van der Waals surface area contributed by atoms with Crippen molar-refractivity contribution in [2.24, 2.45) is 10.2 Å². The maximum absolute atomic E-state index is 10.2. The van der Waals surface area contributed by atoms with Crippen LogP contribution in [0.1, 0.15) is 19.4 Å². The van der Waals surface area contributed by atoms with E-state index in [0.717, 1.165) is 33.3 Å². The Bertz CT molecular complexity index is 705. The summed E-state index contributed by atoms with van der Waals surface area (Å²) in [5.74, 6) is 0.123. The molecule has 0 aromatic heterocycles. The Labute approximate surface area is 153 Å². The molecule has 6 heteroatoms. The van der Waals surface area contributed by atoms with Crippen LogP contribution in [0.25, 0.3) is 0 Å². The predicted molar refractivity (Wildman–Crippen MR) is 102 cm³/mol. The zero-order chi connectivity index (χ0) is 17.0. The molecule has 0 heterocycles. The van der Waals surface area contributed by atoms with Crippen LogP contribution in [-0.4, -0.2) is 18.2 Å². The van der Waals surface area contributed by atoms with Gasteiger partial charge in [0.15, 0.2) is 0 Å². The molecule has 0 aliphatic rings. The Balaban J connectivity index is 2.31. The largest absolute Gasteiger partial charge is 0.506 e. The molecule has 2 rings (SSSR count). The summed E-state index contributed by atoms with van der Waals surface area (Å²) in [6.07, 6.45) is 0. The highest BCUT2D eigenvalue weighted by atomic mass is 79.9. The topological polar surface area (TPSA) is 48.2 Å². The molecule has 122 valence electrons. The Hall–Kier alpha value is -1.40. The summed E-state index contributed by atoms with van der Waals surface area (Å²) in [4.78, 5) is 2.16. The molecular formula is C17H19Br2N3O. The molecule has 0 bridgehead atoms. The highest BCUT2D eigenvalue weighted by Crippen LogP contribution is 2.37. The fourth-order valence-electron chi connectivity index (χ4n) is 2.27. The van der Waals surface area contributed by atoms with Gasteiger partial charge in [0.25, 0.3) is 0 Å². The molecular weight excluding hydrogens is 422 g/mol. The molecule has 0 atom stereocenters. The molecule has 0 aliphatic carbocycles. The van der Waals surface area contributed by atoms with Gasteiger partial charge in [-0.3, -0.25) is 0 Å². The van der Waals surface area contributed by atoms with Gasteiger partial charge in [0.2, 0.25) is 0 Å². The number of halogens is 2. The first-order chi connectivity index (χ1) is 11.0. The number of anilines is 1. The SMILES string of the molecule is CCN(CC)c1ccc(N=Nc2c(Br)cc(C)cc2Br)c(O)c1. The van der Waals surface area contributed by atoms with E-state index in [1.807, 2.05) is 25.1 Å². The van der Waals surface area contributed by atoms with Crippen molar-refractivity contribution < 1.29 is 5.11 Å². The second kappa shape index (κ2) is 7.93. The van der Waals surface area contributed by atoms with Gasteiger partial charge >= 0.3 is 0 Å². The maximum atomic E-state index is 10.2. The van der Waals surface area contributed by atoms with Crippen molar-refractivity contribution in [2.45, 2.75) is 20.8 Å². The van der Waals surface area contributed by atoms with Crippen LogP contribution in [-0.2, 0) is 0 Å². The molecule has 23 heavy (non-hydrogen) atoms. The zero-order valence-electron chi connectivity index (χ0n) is 13.3. The van der Waals surface area contributed by atoms with Crippen LogP contribution in [0.3, 0.4) is 0 Å². The molecule has 2 aromatic rings. The highest BCUT2D eigenvalue weighted by molar-refractivity contribution is 9.11. The number of benzene rings is 2. The number of nitrogens with zero attached hydrogens (tertiary/aromatic N) is 3. The van der Waals surface area contributed by atoms with Gasteiger partial charge in [-0.05, 0) is 82.5 Å². The van der Waals surface area contributed by atoms with Crippen LogP contribution in [0.4, 0.5) is 17.1 Å². The van der Waals surface area contributed by atoms with E-state index in [1.165, 1.54) is 0 Å². The summed E-state index contributed by atoms with van der Waals surface area (Å²) < 4.78 is 1.71. The van der Waals surface area contributed by atoms with E-state index < -0.39 is 0 Å². The van der Waals surface area contributed by atoms with Crippen LogP contribution in [0.2, 0.25) is 0 Å². The first-order valence-electron chi connectivity index (χ1n) is 7.41. The van der Waals surface area contributed by atoms with E-state index in [2.05, 4.69) is 60.8 Å². The standard InChI is InChI=1S/C17H19Br2N3O/c1-4-22(5-2)12-6-7-15(16(23)10-12)20-21-17-13(18)8-11(3)9-14(17)19/h6-10,23H,4-5H2,1-3H3. The summed E-state index contributed by atoms with van der Waals surface area (Å²) in [6, 6.07) is 9.40. The fraction of sp³-hybridized carbons (Fsp3) is 0.294. The lowest BCUT2D eigenvalue weighted by Crippen LogP contribution is -2.21. The van der Waals surface area contributed by atoms with Gasteiger partial charge in [0, 0.05) is 33.8 Å². The third-order valence-electron chi connectivity index (χ3n) is 3.51. The normalized spacial score (nSPS) is 11.2. The quantitative estimate of drug-likeness (QED) is 0.540. The number of aryl methyl sites for hydroxylation is 1. The van der Waals surface area contributed by atoms with Crippen molar-refractivity contribution in [3.05, 3.63) is 44.8 Å². The maximum Gasteiger partial charge on any atom is 0.145 e. The monoisotopic (exact) mass is 439 g/mol. The lowest BCUT2D eigenvalue weighted by atomic mass is 10.2. The summed E-state index contributed by atoms with van der Waals surface area (Å²) in [5.41, 5.74) is 3.24. The van der Waals surface area contributed by atoms with Crippen molar-refractivity contribution in [2.75, 3.05) is 18.0 Å². The minimum absolute atomic E-state index is 0.123. The number of azo groups is 1. The molecule has 0 saturated heterocycles. The van der Waals surface area contributed by atoms with Crippen molar-refractivity contribution in [3.63, 3.8) is 0 Å². The molecule has 0 amide bonds. The van der Waals surface area contributed by atoms with Crippen molar-refractivity contribution >= 4 is 48.9 Å². The average molecular weight is 441 g/mol. The minimum Gasteiger partial charge on any atom is -0.506 e. The molecule has 0 spiro atoms. The average Bonchev–Trinajstić information content (AvgIpc) is 2.49. The van der Waals surface area contributed by atoms with Crippen LogP contribution in [0, 0.1) is 6.92 Å². The van der Waals surface area contributed by atoms with Gasteiger partial charge in [-0.2, -0.15) is 0 Å². The Morgan fingerprint density at radius 3 is 2.13 bits per heavy atom. The third kappa shape index (κ3) is 4.32. The molecule has 2 aromatic carbocycles. The molecule has 0 unspecified atom stereocenters. The molecule has 0 fully saturated rings. The highest BCUT2D eigenvalue weighted by Gasteiger charge is 2.08. The van der Waals surface area contributed by atoms with Gasteiger partial charge in [-0.15, -0.1) is 10.2 Å². The summed E-state index contributed by atoms with van der Waals surface area (Å²) in [6.45, 7) is 7.95. The van der Waals surface area contributed by atoms with Crippen molar-refractivity contribution in [1.29, 1.82) is 0 Å². The van der Waals surface area contributed by atoms with E-state index in [4.69, 9.17) is 0 Å². The first kappa shape index (κ1) is 17.9. The lowest BCUT2D eigenvalue weighted by Gasteiger charge is -2.21. The van der Waals surface area contributed by atoms with Gasteiger partial charge in [0.1, 0.15) is 17.1 Å². The van der Waals surface area contributed by atoms with Gasteiger partial charge in [0.05, 0.1) is 0 Å². The molecule has 4 nitrogen and oxygen atoms in total. The van der Waals surface area contributed by atoms with E-state index in [9.17, 15) is 5.11 Å². The van der Waals surface area contributed by atoms with Crippen LogP contribution >= 0.6 is 31.9 Å². The number of phenols is 1. The molecule has 0 saturated carbocycles. The number of rotatable bonds is 5. The van der Waals surface area contributed by atoms with Crippen molar-refractivity contribution in [1.82, 2.24) is 0 Å². The second-order valence-electron chi connectivity index (χ2n) is 5.12.